The number of hydrogen-bond acceptors (Lipinski definition) is 4. The third-order valence-electron chi connectivity index (χ3n) is 3.41. The zero-order chi connectivity index (χ0) is 14.6. The molecule has 2 N–H and O–H groups in total. The summed E-state index contributed by atoms with van der Waals surface area (Å²) in [6, 6.07) is 0.163. The van der Waals surface area contributed by atoms with Gasteiger partial charge in [0.1, 0.15) is 0 Å². The first kappa shape index (κ1) is 16.0. The molecule has 5 nitrogen and oxygen atoms in total. The van der Waals surface area contributed by atoms with Gasteiger partial charge in [-0.3, -0.25) is 4.90 Å². The molecule has 0 saturated carbocycles. The molecule has 0 spiro atoms. The summed E-state index contributed by atoms with van der Waals surface area (Å²) in [5.74, 6) is 1.42. The van der Waals surface area contributed by atoms with E-state index >= 15 is 0 Å². The Kier molecular flexibility index (Phi) is 5.82. The minimum atomic E-state index is 0.163. The van der Waals surface area contributed by atoms with Crippen LogP contribution in [0.2, 0.25) is 0 Å². The van der Waals surface area contributed by atoms with Crippen molar-refractivity contribution in [2.24, 2.45) is 18.7 Å². The molecule has 1 heterocycles. The van der Waals surface area contributed by atoms with E-state index in [1.165, 1.54) is 0 Å². The summed E-state index contributed by atoms with van der Waals surface area (Å²) in [6.07, 6.45) is 0. The first-order chi connectivity index (χ1) is 8.96. The maximum Gasteiger partial charge on any atom is 0.216 e. The molecule has 5 heteroatoms. The normalized spacial score (nSPS) is 13.3. The second-order valence-corrected chi connectivity index (χ2v) is 5.36. The summed E-state index contributed by atoms with van der Waals surface area (Å²) >= 11 is 0. The minimum Gasteiger partial charge on any atom is -0.481 e. The fourth-order valence-corrected chi connectivity index (χ4v) is 2.67. The molecule has 0 aliphatic carbocycles. The van der Waals surface area contributed by atoms with Gasteiger partial charge in [-0.2, -0.15) is 5.10 Å². The first-order valence-corrected chi connectivity index (χ1v) is 6.97. The third-order valence-corrected chi connectivity index (χ3v) is 3.41. The van der Waals surface area contributed by atoms with E-state index in [0.717, 1.165) is 30.2 Å². The quantitative estimate of drug-likeness (QED) is 0.818. The van der Waals surface area contributed by atoms with Gasteiger partial charge in [0.05, 0.1) is 24.4 Å². The molecule has 0 fully saturated rings. The SMILES string of the molecule is CCN(CC(C)C)C(CN)c1c(C)nn(C)c1OC. The maximum atomic E-state index is 6.02. The lowest BCUT2D eigenvalue weighted by molar-refractivity contribution is 0.185. The van der Waals surface area contributed by atoms with Crippen LogP contribution in [0.5, 0.6) is 5.88 Å². The number of methoxy groups -OCH3 is 1. The van der Waals surface area contributed by atoms with E-state index in [1.54, 1.807) is 11.8 Å². The topological polar surface area (TPSA) is 56.3 Å². The fourth-order valence-electron chi connectivity index (χ4n) is 2.67. The highest BCUT2D eigenvalue weighted by molar-refractivity contribution is 5.34. The van der Waals surface area contributed by atoms with E-state index in [2.05, 4.69) is 30.8 Å². The molecular weight excluding hydrogens is 240 g/mol. The van der Waals surface area contributed by atoms with Gasteiger partial charge < -0.3 is 10.5 Å². The van der Waals surface area contributed by atoms with E-state index < -0.39 is 0 Å². The Hall–Kier alpha value is -1.07. The van der Waals surface area contributed by atoms with Crippen molar-refractivity contribution in [2.45, 2.75) is 33.7 Å². The van der Waals surface area contributed by atoms with Gasteiger partial charge in [0.15, 0.2) is 0 Å². The molecular formula is C14H28N4O. The minimum absolute atomic E-state index is 0.163. The Morgan fingerprint density at radius 3 is 2.47 bits per heavy atom. The van der Waals surface area contributed by atoms with Gasteiger partial charge in [0.2, 0.25) is 5.88 Å². The van der Waals surface area contributed by atoms with Crippen molar-refractivity contribution < 1.29 is 4.74 Å². The number of nitrogens with two attached hydrogens (primary N) is 1. The van der Waals surface area contributed by atoms with Crippen LogP contribution in [0.1, 0.15) is 38.1 Å². The van der Waals surface area contributed by atoms with Gasteiger partial charge in [0.25, 0.3) is 0 Å². The van der Waals surface area contributed by atoms with E-state index in [4.69, 9.17) is 10.5 Å². The number of rotatable bonds is 7. The molecule has 0 aliphatic heterocycles. The number of aryl methyl sites for hydroxylation is 2. The van der Waals surface area contributed by atoms with Gasteiger partial charge in [-0.05, 0) is 19.4 Å². The van der Waals surface area contributed by atoms with Crippen LogP contribution in [-0.2, 0) is 7.05 Å². The van der Waals surface area contributed by atoms with Crippen molar-refractivity contribution in [3.8, 4) is 5.88 Å². The average Bonchev–Trinajstić information content (AvgIpc) is 2.63. The lowest BCUT2D eigenvalue weighted by atomic mass is 10.0. The van der Waals surface area contributed by atoms with Gasteiger partial charge >= 0.3 is 0 Å². The second kappa shape index (κ2) is 6.91. The molecule has 1 aromatic heterocycles. The van der Waals surface area contributed by atoms with Crippen LogP contribution in [0, 0.1) is 12.8 Å². The summed E-state index contributed by atoms with van der Waals surface area (Å²) in [6.45, 7) is 11.2. The smallest absolute Gasteiger partial charge is 0.216 e. The van der Waals surface area contributed by atoms with E-state index in [9.17, 15) is 0 Å². The molecule has 0 aromatic carbocycles. The largest absolute Gasteiger partial charge is 0.481 e. The van der Waals surface area contributed by atoms with Crippen LogP contribution in [0.25, 0.3) is 0 Å². The van der Waals surface area contributed by atoms with Gasteiger partial charge in [-0.15, -0.1) is 0 Å². The van der Waals surface area contributed by atoms with Gasteiger partial charge in [0, 0.05) is 20.1 Å². The molecule has 0 radical (unpaired) electrons. The van der Waals surface area contributed by atoms with E-state index in [-0.39, 0.29) is 6.04 Å². The van der Waals surface area contributed by atoms with Crippen molar-refractivity contribution in [3.05, 3.63) is 11.3 Å². The Balaban J connectivity index is 3.14. The Morgan fingerprint density at radius 1 is 1.42 bits per heavy atom. The number of ether oxygens (including phenoxy) is 1. The molecule has 0 saturated heterocycles. The summed E-state index contributed by atoms with van der Waals surface area (Å²) in [5, 5.41) is 4.46. The Bertz CT molecular complexity index is 400. The molecule has 110 valence electrons. The van der Waals surface area contributed by atoms with Crippen molar-refractivity contribution in [3.63, 3.8) is 0 Å². The average molecular weight is 268 g/mol. The maximum absolute atomic E-state index is 6.02. The number of hydrogen-bond donors (Lipinski definition) is 1. The van der Waals surface area contributed by atoms with E-state index in [1.807, 2.05) is 14.0 Å². The summed E-state index contributed by atoms with van der Waals surface area (Å²) < 4.78 is 7.29. The molecule has 0 amide bonds. The van der Waals surface area contributed by atoms with Crippen molar-refractivity contribution >= 4 is 0 Å². The zero-order valence-electron chi connectivity index (χ0n) is 13.1. The highest BCUT2D eigenvalue weighted by Gasteiger charge is 2.27. The number of nitrogens with zero attached hydrogens (tertiary/aromatic N) is 3. The molecule has 1 unspecified atom stereocenters. The van der Waals surface area contributed by atoms with Crippen LogP contribution < -0.4 is 10.5 Å². The van der Waals surface area contributed by atoms with E-state index in [0.29, 0.717) is 12.5 Å². The fraction of sp³-hybridized carbons (Fsp3) is 0.786. The molecule has 0 bridgehead atoms. The van der Waals surface area contributed by atoms with Crippen LogP contribution in [0.3, 0.4) is 0 Å². The molecule has 19 heavy (non-hydrogen) atoms. The highest BCUT2D eigenvalue weighted by Crippen LogP contribution is 2.31. The lowest BCUT2D eigenvalue weighted by Gasteiger charge is -2.31. The van der Waals surface area contributed by atoms with Crippen molar-refractivity contribution in [1.29, 1.82) is 0 Å². The summed E-state index contributed by atoms with van der Waals surface area (Å²) in [5.41, 5.74) is 8.14. The third kappa shape index (κ3) is 3.48. The molecule has 0 aliphatic rings. The standard InChI is InChI=1S/C14H28N4O/c1-7-18(9-10(2)3)12(8-15)13-11(4)16-17(5)14(13)19-6/h10,12H,7-9,15H2,1-6H3. The van der Waals surface area contributed by atoms with Crippen LogP contribution in [-0.4, -0.2) is 41.4 Å². The predicted molar refractivity (Wildman–Crippen MR) is 78.4 cm³/mol. The van der Waals surface area contributed by atoms with Crippen LogP contribution in [0.4, 0.5) is 0 Å². The second-order valence-electron chi connectivity index (χ2n) is 5.36. The molecule has 1 rings (SSSR count). The van der Waals surface area contributed by atoms with Gasteiger partial charge in [-0.1, -0.05) is 20.8 Å². The first-order valence-electron chi connectivity index (χ1n) is 6.97. The lowest BCUT2D eigenvalue weighted by Crippen LogP contribution is -2.36. The number of likely N-dealkylation sites (N-methyl/N-ethyl adjacent to an activating group) is 1. The summed E-state index contributed by atoms with van der Waals surface area (Å²) in [4.78, 5) is 2.40. The monoisotopic (exact) mass is 268 g/mol. The van der Waals surface area contributed by atoms with Crippen LogP contribution in [0.15, 0.2) is 0 Å². The van der Waals surface area contributed by atoms with Crippen molar-refractivity contribution in [2.75, 3.05) is 26.7 Å². The Labute approximate surface area is 116 Å². The Morgan fingerprint density at radius 2 is 2.05 bits per heavy atom. The van der Waals surface area contributed by atoms with Gasteiger partial charge in [-0.25, -0.2) is 4.68 Å². The predicted octanol–water partition coefficient (Wildman–Crippen LogP) is 1.71. The van der Waals surface area contributed by atoms with Crippen LogP contribution >= 0.6 is 0 Å². The number of aromatic nitrogens is 2. The zero-order valence-corrected chi connectivity index (χ0v) is 13.1. The molecule has 1 atom stereocenters. The highest BCUT2D eigenvalue weighted by atomic mass is 16.5. The van der Waals surface area contributed by atoms with Crippen molar-refractivity contribution in [1.82, 2.24) is 14.7 Å². The summed E-state index contributed by atoms with van der Waals surface area (Å²) in [7, 11) is 3.59. The molecule has 1 aromatic rings.